The summed E-state index contributed by atoms with van der Waals surface area (Å²) in [5.74, 6) is 1.29. The molecule has 1 aliphatic heterocycles. The number of nitrogens with one attached hydrogen (secondary N) is 1. The second-order valence-electron chi connectivity index (χ2n) is 6.04. The van der Waals surface area contributed by atoms with Crippen LogP contribution >= 0.6 is 0 Å². The van der Waals surface area contributed by atoms with Gasteiger partial charge < -0.3 is 24.8 Å². The maximum atomic E-state index is 12.8. The number of carbonyl (C=O) groups excluding carboxylic acids is 1. The van der Waals surface area contributed by atoms with Gasteiger partial charge in [-0.3, -0.25) is 4.79 Å². The summed E-state index contributed by atoms with van der Waals surface area (Å²) in [6, 6.07) is 6.75. The molecule has 1 aliphatic rings. The van der Waals surface area contributed by atoms with Gasteiger partial charge in [0, 0.05) is 31.8 Å². The van der Waals surface area contributed by atoms with Gasteiger partial charge >= 0.3 is 0 Å². The summed E-state index contributed by atoms with van der Waals surface area (Å²) in [4.78, 5) is 23.0. The third kappa shape index (κ3) is 3.55. The molecule has 1 saturated heterocycles. The summed E-state index contributed by atoms with van der Waals surface area (Å²) < 4.78 is 10.6. The number of aliphatic hydroxyl groups excluding tert-OH is 1. The van der Waals surface area contributed by atoms with Gasteiger partial charge in [0.2, 0.25) is 0 Å². The van der Waals surface area contributed by atoms with Crippen LogP contribution in [-0.4, -0.2) is 60.9 Å². The largest absolute Gasteiger partial charge is 0.493 e. The summed E-state index contributed by atoms with van der Waals surface area (Å²) in [5, 5.41) is 12.7. The Kier molecular flexibility index (Phi) is 5.52. The first-order valence-electron chi connectivity index (χ1n) is 8.31. The fourth-order valence-corrected chi connectivity index (χ4v) is 3.19. The minimum Gasteiger partial charge on any atom is -0.493 e. The highest BCUT2D eigenvalue weighted by Gasteiger charge is 2.34. The van der Waals surface area contributed by atoms with Crippen molar-refractivity contribution in [2.75, 3.05) is 38.8 Å². The van der Waals surface area contributed by atoms with Crippen LogP contribution in [0.3, 0.4) is 0 Å². The molecule has 0 unspecified atom stereocenters. The van der Waals surface area contributed by atoms with E-state index in [-0.39, 0.29) is 24.5 Å². The molecular weight excluding hydrogens is 336 g/mol. The first kappa shape index (κ1) is 17.9. The number of nitrogens with zero attached hydrogens (tertiary/aromatic N) is 3. The van der Waals surface area contributed by atoms with Crippen molar-refractivity contribution >= 4 is 11.7 Å². The molecule has 1 amide bonds. The van der Waals surface area contributed by atoms with Gasteiger partial charge in [0.05, 0.1) is 25.8 Å². The van der Waals surface area contributed by atoms with E-state index in [4.69, 9.17) is 9.47 Å². The molecular formula is C18H22N4O4. The molecule has 0 bridgehead atoms. The molecule has 0 saturated carbocycles. The zero-order valence-corrected chi connectivity index (χ0v) is 14.8. The monoisotopic (exact) mass is 358 g/mol. The standard InChI is InChI=1S/C18H22N4O4/c1-25-15-5-3-4-13(17(15)26-2)18(24)21-14-9-22(8-12(14)10-23)16-6-7-19-11-20-16/h3-7,11-12,14,23H,8-10H2,1-2H3,(H,21,24)/t12-,14+/m0/s1. The Balaban J connectivity index is 1.76. The summed E-state index contributed by atoms with van der Waals surface area (Å²) in [5.41, 5.74) is 0.393. The highest BCUT2D eigenvalue weighted by Crippen LogP contribution is 2.31. The van der Waals surface area contributed by atoms with Crippen molar-refractivity contribution in [3.05, 3.63) is 42.4 Å². The molecule has 0 radical (unpaired) electrons. The quantitative estimate of drug-likeness (QED) is 0.785. The predicted octanol–water partition coefficient (Wildman–Crippen LogP) is 0.721. The number of hydrogen-bond acceptors (Lipinski definition) is 7. The van der Waals surface area contributed by atoms with Crippen LogP contribution in [-0.2, 0) is 0 Å². The van der Waals surface area contributed by atoms with E-state index in [0.29, 0.717) is 30.2 Å². The van der Waals surface area contributed by atoms with Crippen LogP contribution in [0.15, 0.2) is 36.8 Å². The maximum absolute atomic E-state index is 12.8. The van der Waals surface area contributed by atoms with Gasteiger partial charge in [-0.05, 0) is 18.2 Å². The van der Waals surface area contributed by atoms with Crippen molar-refractivity contribution in [2.45, 2.75) is 6.04 Å². The number of amides is 1. The number of anilines is 1. The van der Waals surface area contributed by atoms with E-state index in [1.165, 1.54) is 20.5 Å². The van der Waals surface area contributed by atoms with E-state index < -0.39 is 0 Å². The number of aromatic nitrogens is 2. The molecule has 1 aromatic carbocycles. The molecule has 138 valence electrons. The van der Waals surface area contributed by atoms with E-state index >= 15 is 0 Å². The Labute approximate surface area is 151 Å². The number of benzene rings is 1. The van der Waals surface area contributed by atoms with Crippen LogP contribution in [0.4, 0.5) is 5.82 Å². The van der Waals surface area contributed by atoms with Crippen LogP contribution in [0.1, 0.15) is 10.4 Å². The molecule has 2 atom stereocenters. The van der Waals surface area contributed by atoms with Crippen LogP contribution in [0.5, 0.6) is 11.5 Å². The maximum Gasteiger partial charge on any atom is 0.255 e. The van der Waals surface area contributed by atoms with Crippen molar-refractivity contribution in [1.82, 2.24) is 15.3 Å². The molecule has 1 aromatic heterocycles. The Morgan fingerprint density at radius 1 is 1.31 bits per heavy atom. The molecule has 1 fully saturated rings. The molecule has 2 heterocycles. The number of para-hydroxylation sites is 1. The fraction of sp³-hybridized carbons (Fsp3) is 0.389. The van der Waals surface area contributed by atoms with Crippen LogP contribution < -0.4 is 19.7 Å². The van der Waals surface area contributed by atoms with Crippen LogP contribution in [0.25, 0.3) is 0 Å². The first-order chi connectivity index (χ1) is 12.7. The number of methoxy groups -OCH3 is 2. The minimum absolute atomic E-state index is 0.0260. The Morgan fingerprint density at radius 2 is 2.15 bits per heavy atom. The van der Waals surface area contributed by atoms with Gasteiger partial charge in [-0.1, -0.05) is 6.07 Å². The van der Waals surface area contributed by atoms with Gasteiger partial charge in [0.25, 0.3) is 5.91 Å². The van der Waals surface area contributed by atoms with E-state index in [9.17, 15) is 9.90 Å². The second kappa shape index (κ2) is 8.01. The van der Waals surface area contributed by atoms with Crippen molar-refractivity contribution in [2.24, 2.45) is 5.92 Å². The van der Waals surface area contributed by atoms with Crippen molar-refractivity contribution in [1.29, 1.82) is 0 Å². The molecule has 3 rings (SSSR count). The van der Waals surface area contributed by atoms with E-state index in [1.807, 2.05) is 11.0 Å². The topological polar surface area (TPSA) is 96.8 Å². The van der Waals surface area contributed by atoms with Gasteiger partial charge in [0.1, 0.15) is 12.1 Å². The molecule has 0 aliphatic carbocycles. The average Bonchev–Trinajstić information content (AvgIpc) is 3.10. The lowest BCUT2D eigenvalue weighted by Gasteiger charge is -2.19. The summed E-state index contributed by atoms with van der Waals surface area (Å²) in [6.07, 6.45) is 3.15. The molecule has 2 N–H and O–H groups in total. The lowest BCUT2D eigenvalue weighted by Crippen LogP contribution is -2.41. The lowest BCUT2D eigenvalue weighted by atomic mass is 10.0. The molecule has 2 aromatic rings. The van der Waals surface area contributed by atoms with Crippen LogP contribution in [0.2, 0.25) is 0 Å². The summed E-state index contributed by atoms with van der Waals surface area (Å²) in [7, 11) is 3.02. The van der Waals surface area contributed by atoms with Gasteiger partial charge in [-0.2, -0.15) is 0 Å². The third-order valence-electron chi connectivity index (χ3n) is 4.53. The van der Waals surface area contributed by atoms with E-state index in [0.717, 1.165) is 5.82 Å². The summed E-state index contributed by atoms with van der Waals surface area (Å²) >= 11 is 0. The van der Waals surface area contributed by atoms with E-state index in [2.05, 4.69) is 15.3 Å². The Bertz CT molecular complexity index is 756. The van der Waals surface area contributed by atoms with Gasteiger partial charge in [-0.25, -0.2) is 9.97 Å². The number of rotatable bonds is 6. The Hall–Kier alpha value is -2.87. The number of carbonyl (C=O) groups is 1. The van der Waals surface area contributed by atoms with Crippen molar-refractivity contribution < 1.29 is 19.4 Å². The number of aliphatic hydroxyl groups is 1. The zero-order chi connectivity index (χ0) is 18.5. The Morgan fingerprint density at radius 3 is 2.81 bits per heavy atom. The van der Waals surface area contributed by atoms with Gasteiger partial charge in [-0.15, -0.1) is 0 Å². The fourth-order valence-electron chi connectivity index (χ4n) is 3.19. The smallest absolute Gasteiger partial charge is 0.255 e. The minimum atomic E-state index is -0.270. The van der Waals surface area contributed by atoms with Crippen molar-refractivity contribution in [3.63, 3.8) is 0 Å². The van der Waals surface area contributed by atoms with Gasteiger partial charge in [0.15, 0.2) is 11.5 Å². The second-order valence-corrected chi connectivity index (χ2v) is 6.04. The zero-order valence-electron chi connectivity index (χ0n) is 14.8. The molecule has 0 spiro atoms. The molecule has 8 nitrogen and oxygen atoms in total. The third-order valence-corrected chi connectivity index (χ3v) is 4.53. The average molecular weight is 358 g/mol. The highest BCUT2D eigenvalue weighted by molar-refractivity contribution is 5.98. The predicted molar refractivity (Wildman–Crippen MR) is 95.6 cm³/mol. The summed E-state index contributed by atoms with van der Waals surface area (Å²) in [6.45, 7) is 1.13. The highest BCUT2D eigenvalue weighted by atomic mass is 16.5. The number of ether oxygens (including phenoxy) is 2. The lowest BCUT2D eigenvalue weighted by molar-refractivity contribution is 0.0918. The normalized spacial score (nSPS) is 19.3. The SMILES string of the molecule is COc1cccc(C(=O)N[C@@H]2CN(c3ccncn3)C[C@H]2CO)c1OC. The van der Waals surface area contributed by atoms with Crippen LogP contribution in [0, 0.1) is 5.92 Å². The number of hydrogen-bond donors (Lipinski definition) is 2. The first-order valence-corrected chi connectivity index (χ1v) is 8.31. The van der Waals surface area contributed by atoms with E-state index in [1.54, 1.807) is 24.4 Å². The molecule has 26 heavy (non-hydrogen) atoms. The van der Waals surface area contributed by atoms with Crippen molar-refractivity contribution in [3.8, 4) is 11.5 Å². The molecule has 8 heteroatoms.